The number of carbonyl (C=O) groups is 1. The van der Waals surface area contributed by atoms with Crippen molar-refractivity contribution in [2.45, 2.75) is 84.2 Å². The van der Waals surface area contributed by atoms with Gasteiger partial charge in [0.25, 0.3) is 0 Å². The normalized spacial score (nSPS) is 50.5. The van der Waals surface area contributed by atoms with Crippen molar-refractivity contribution in [2.75, 3.05) is 18.5 Å². The molecule has 0 aromatic carbocycles. The molecule has 28 heavy (non-hydrogen) atoms. The van der Waals surface area contributed by atoms with Crippen molar-refractivity contribution in [2.24, 2.45) is 40.4 Å². The summed E-state index contributed by atoms with van der Waals surface area (Å²) in [5, 5.41) is 11.3. The van der Waals surface area contributed by atoms with Gasteiger partial charge in [-0.2, -0.15) is 0 Å². The van der Waals surface area contributed by atoms with E-state index in [0.29, 0.717) is 28.9 Å². The van der Waals surface area contributed by atoms with Gasteiger partial charge in [0.05, 0.1) is 17.5 Å². The zero-order valence-electron chi connectivity index (χ0n) is 18.0. The molecular weight excluding hydrogens is 416 g/mol. The molecule has 0 aromatic rings. The van der Waals surface area contributed by atoms with Gasteiger partial charge in [0, 0.05) is 12.5 Å². The Bertz CT molecular complexity index is 605. The standard InChI is InChI=1S/C24H39BrO3/c1-4-28-15-24-12-11-22(2,27)13-16(24)5-6-17-18-7-8-20(21(26)14-25)23(18,3)10-9-19(17)24/h16-20,27H,4-15H2,1-3H3/t16-,17+,18+,19+,20-,22-,23+,24-/m1/s1. The Labute approximate surface area is 179 Å². The number of carbonyl (C=O) groups excluding carboxylic acids is 1. The highest BCUT2D eigenvalue weighted by Gasteiger charge is 2.63. The van der Waals surface area contributed by atoms with Crippen LogP contribution < -0.4 is 0 Å². The summed E-state index contributed by atoms with van der Waals surface area (Å²) in [6, 6.07) is 0. The monoisotopic (exact) mass is 454 g/mol. The average Bonchev–Trinajstić information content (AvgIpc) is 3.02. The van der Waals surface area contributed by atoms with Crippen LogP contribution in [0.1, 0.15) is 78.6 Å². The SMILES string of the molecule is CCOC[C@]12CC[C@@](C)(O)C[C@H]1CC[C@H]1[C@@H]3CC[C@H](C(=O)CBr)[C@@]3(C)CC[C@@H]12. The van der Waals surface area contributed by atoms with E-state index in [1.807, 2.05) is 6.92 Å². The molecule has 0 aliphatic heterocycles. The fourth-order valence-electron chi connectivity index (χ4n) is 8.43. The van der Waals surface area contributed by atoms with E-state index in [9.17, 15) is 9.90 Å². The first-order valence-corrected chi connectivity index (χ1v) is 12.8. The van der Waals surface area contributed by atoms with Crippen molar-refractivity contribution in [3.8, 4) is 0 Å². The third-order valence-electron chi connectivity index (χ3n) is 9.75. The predicted molar refractivity (Wildman–Crippen MR) is 115 cm³/mol. The van der Waals surface area contributed by atoms with Crippen molar-refractivity contribution in [1.29, 1.82) is 0 Å². The third-order valence-corrected chi connectivity index (χ3v) is 10.3. The molecule has 0 aromatic heterocycles. The number of fused-ring (bicyclic) bond motifs is 5. The van der Waals surface area contributed by atoms with Crippen LogP contribution in [0, 0.1) is 40.4 Å². The number of ketones is 1. The molecule has 4 aliphatic carbocycles. The molecule has 4 saturated carbocycles. The van der Waals surface area contributed by atoms with Crippen LogP contribution in [0.5, 0.6) is 0 Å². The average molecular weight is 455 g/mol. The summed E-state index contributed by atoms with van der Waals surface area (Å²) in [6.07, 6.45) is 10.2. The Morgan fingerprint density at radius 2 is 1.86 bits per heavy atom. The zero-order valence-corrected chi connectivity index (χ0v) is 19.6. The maximum absolute atomic E-state index is 12.6. The van der Waals surface area contributed by atoms with Gasteiger partial charge in [-0.05, 0) is 106 Å². The Hall–Kier alpha value is 0.0700. The van der Waals surface area contributed by atoms with E-state index in [-0.39, 0.29) is 16.7 Å². The first-order valence-electron chi connectivity index (χ1n) is 11.7. The van der Waals surface area contributed by atoms with Crippen molar-refractivity contribution < 1.29 is 14.6 Å². The van der Waals surface area contributed by atoms with Gasteiger partial charge in [0.2, 0.25) is 0 Å². The molecule has 4 fully saturated rings. The number of hydrogen-bond acceptors (Lipinski definition) is 3. The van der Waals surface area contributed by atoms with E-state index < -0.39 is 5.60 Å². The largest absolute Gasteiger partial charge is 0.390 e. The Morgan fingerprint density at radius 3 is 2.57 bits per heavy atom. The summed E-state index contributed by atoms with van der Waals surface area (Å²) in [5.74, 6) is 3.42. The molecule has 4 rings (SSSR count). The quantitative estimate of drug-likeness (QED) is 0.567. The zero-order chi connectivity index (χ0) is 20.2. The molecule has 3 nitrogen and oxygen atoms in total. The minimum atomic E-state index is -0.503. The fourth-order valence-corrected chi connectivity index (χ4v) is 8.82. The van der Waals surface area contributed by atoms with Gasteiger partial charge in [-0.15, -0.1) is 0 Å². The van der Waals surface area contributed by atoms with Crippen LogP contribution in [0.3, 0.4) is 0 Å². The van der Waals surface area contributed by atoms with E-state index in [4.69, 9.17) is 4.74 Å². The first kappa shape index (κ1) is 21.3. The van der Waals surface area contributed by atoms with Gasteiger partial charge in [-0.25, -0.2) is 0 Å². The fraction of sp³-hybridized carbons (Fsp3) is 0.958. The number of halogens is 1. The number of aliphatic hydroxyl groups is 1. The van der Waals surface area contributed by atoms with Crippen LogP contribution in [0.4, 0.5) is 0 Å². The maximum Gasteiger partial charge on any atom is 0.147 e. The topological polar surface area (TPSA) is 46.5 Å². The molecular formula is C24H39BrO3. The number of hydrogen-bond donors (Lipinski definition) is 1. The molecule has 8 atom stereocenters. The Morgan fingerprint density at radius 1 is 1.07 bits per heavy atom. The highest BCUT2D eigenvalue weighted by Crippen LogP contribution is 2.68. The lowest BCUT2D eigenvalue weighted by atomic mass is 9.43. The molecule has 1 N–H and O–H groups in total. The van der Waals surface area contributed by atoms with Crippen LogP contribution in [-0.4, -0.2) is 35.0 Å². The Kier molecular flexibility index (Phi) is 5.81. The molecule has 4 heteroatoms. The number of rotatable bonds is 5. The molecule has 0 unspecified atom stereocenters. The van der Waals surface area contributed by atoms with Gasteiger partial charge in [0.15, 0.2) is 0 Å². The minimum Gasteiger partial charge on any atom is -0.390 e. The van der Waals surface area contributed by atoms with Gasteiger partial charge >= 0.3 is 0 Å². The highest BCUT2D eigenvalue weighted by molar-refractivity contribution is 9.09. The number of ether oxygens (including phenoxy) is 1. The second kappa shape index (κ2) is 7.64. The van der Waals surface area contributed by atoms with E-state index in [1.165, 1.54) is 32.1 Å². The van der Waals surface area contributed by atoms with E-state index in [0.717, 1.165) is 44.8 Å². The number of Topliss-reactive ketones (excluding diaryl/α,β-unsaturated/α-hetero) is 1. The molecule has 0 heterocycles. The summed E-state index contributed by atoms with van der Waals surface area (Å²) in [4.78, 5) is 12.6. The minimum absolute atomic E-state index is 0.200. The van der Waals surface area contributed by atoms with Gasteiger partial charge in [-0.3, -0.25) is 4.79 Å². The molecule has 0 spiro atoms. The second-order valence-electron chi connectivity index (χ2n) is 11.0. The second-order valence-corrected chi connectivity index (χ2v) is 11.6. The van der Waals surface area contributed by atoms with Crippen LogP contribution in [0.2, 0.25) is 0 Å². The summed E-state index contributed by atoms with van der Waals surface area (Å²) >= 11 is 3.44. The summed E-state index contributed by atoms with van der Waals surface area (Å²) < 4.78 is 6.12. The van der Waals surface area contributed by atoms with Gasteiger partial charge < -0.3 is 9.84 Å². The molecule has 0 saturated heterocycles. The number of alkyl halides is 1. The van der Waals surface area contributed by atoms with Crippen molar-refractivity contribution in [1.82, 2.24) is 0 Å². The van der Waals surface area contributed by atoms with E-state index in [2.05, 4.69) is 29.8 Å². The molecule has 160 valence electrons. The molecule has 0 radical (unpaired) electrons. The lowest BCUT2D eigenvalue weighted by Crippen LogP contribution is -2.58. The maximum atomic E-state index is 12.6. The lowest BCUT2D eigenvalue weighted by molar-refractivity contribution is -0.178. The third kappa shape index (κ3) is 3.24. The predicted octanol–water partition coefficient (Wildman–Crippen LogP) is 5.38. The van der Waals surface area contributed by atoms with Crippen molar-refractivity contribution in [3.05, 3.63) is 0 Å². The molecule has 0 bridgehead atoms. The first-order chi connectivity index (χ1) is 13.3. The van der Waals surface area contributed by atoms with Crippen LogP contribution in [0.25, 0.3) is 0 Å². The van der Waals surface area contributed by atoms with Gasteiger partial charge in [0.1, 0.15) is 5.78 Å². The summed E-state index contributed by atoms with van der Waals surface area (Å²) in [5.41, 5.74) is -0.0526. The summed E-state index contributed by atoms with van der Waals surface area (Å²) in [6.45, 7) is 8.23. The Balaban J connectivity index is 1.63. The van der Waals surface area contributed by atoms with E-state index in [1.54, 1.807) is 0 Å². The van der Waals surface area contributed by atoms with Gasteiger partial charge in [-0.1, -0.05) is 22.9 Å². The van der Waals surface area contributed by atoms with E-state index >= 15 is 0 Å². The summed E-state index contributed by atoms with van der Waals surface area (Å²) in [7, 11) is 0. The van der Waals surface area contributed by atoms with Crippen LogP contribution in [-0.2, 0) is 9.53 Å². The molecule has 4 aliphatic rings. The van der Waals surface area contributed by atoms with Crippen molar-refractivity contribution in [3.63, 3.8) is 0 Å². The van der Waals surface area contributed by atoms with Crippen LogP contribution in [0.15, 0.2) is 0 Å². The smallest absolute Gasteiger partial charge is 0.147 e. The van der Waals surface area contributed by atoms with Crippen molar-refractivity contribution >= 4 is 21.7 Å². The van der Waals surface area contributed by atoms with Crippen LogP contribution >= 0.6 is 15.9 Å². The highest BCUT2D eigenvalue weighted by atomic mass is 79.9. The lowest BCUT2D eigenvalue weighted by Gasteiger charge is -2.62. The molecule has 0 amide bonds.